The average molecular weight is 537 g/mol. The van der Waals surface area contributed by atoms with E-state index in [1.165, 1.54) is 22.0 Å². The molecule has 0 bridgehead atoms. The highest BCUT2D eigenvalue weighted by atomic mass is 16.5. The number of rotatable bonds is 5. The standard InChI is InChI=1S/C36H32N4O/c1-36(2,3)26-10-8-11-27(22-26)38-20-21-39(25-38)28-12-9-13-29(23-28)41-30-17-18-32-31-14-4-5-15-33(31)40(34(32)24-30)35-16-6-7-19-37-35/h4-24H,25H2,1-3H3. The molecule has 4 aromatic carbocycles. The number of pyridine rings is 1. The summed E-state index contributed by atoms with van der Waals surface area (Å²) in [6, 6.07) is 37.8. The van der Waals surface area contributed by atoms with E-state index in [1.807, 2.05) is 42.6 Å². The summed E-state index contributed by atoms with van der Waals surface area (Å²) in [4.78, 5) is 9.15. The minimum Gasteiger partial charge on any atom is -0.457 e. The lowest BCUT2D eigenvalue weighted by Gasteiger charge is -2.24. The van der Waals surface area contributed by atoms with Gasteiger partial charge in [-0.3, -0.25) is 4.57 Å². The van der Waals surface area contributed by atoms with Gasteiger partial charge in [0.25, 0.3) is 0 Å². The molecule has 0 amide bonds. The number of nitrogens with zero attached hydrogens (tertiary/aromatic N) is 4. The van der Waals surface area contributed by atoms with Crippen molar-refractivity contribution in [3.8, 4) is 17.3 Å². The molecule has 1 aliphatic heterocycles. The molecule has 5 nitrogen and oxygen atoms in total. The zero-order valence-electron chi connectivity index (χ0n) is 23.5. The summed E-state index contributed by atoms with van der Waals surface area (Å²) in [6.07, 6.45) is 6.09. The first-order valence-electron chi connectivity index (χ1n) is 14.0. The molecular weight excluding hydrogens is 504 g/mol. The van der Waals surface area contributed by atoms with Crippen molar-refractivity contribution in [1.29, 1.82) is 0 Å². The minimum absolute atomic E-state index is 0.111. The van der Waals surface area contributed by atoms with Crippen molar-refractivity contribution in [2.24, 2.45) is 0 Å². The van der Waals surface area contributed by atoms with E-state index in [2.05, 4.69) is 125 Å². The number of ether oxygens (including phenoxy) is 1. The van der Waals surface area contributed by atoms with Crippen molar-refractivity contribution in [2.45, 2.75) is 26.2 Å². The summed E-state index contributed by atoms with van der Waals surface area (Å²) < 4.78 is 8.64. The van der Waals surface area contributed by atoms with E-state index in [-0.39, 0.29) is 5.41 Å². The average Bonchev–Trinajstić information content (AvgIpc) is 3.61. The van der Waals surface area contributed by atoms with Crippen LogP contribution in [0, 0.1) is 0 Å². The van der Waals surface area contributed by atoms with Crippen molar-refractivity contribution >= 4 is 33.2 Å². The molecule has 7 rings (SSSR count). The van der Waals surface area contributed by atoms with E-state index in [4.69, 9.17) is 4.74 Å². The lowest BCUT2D eigenvalue weighted by atomic mass is 9.87. The molecular formula is C36H32N4O. The molecule has 5 heteroatoms. The monoisotopic (exact) mass is 536 g/mol. The fourth-order valence-corrected chi connectivity index (χ4v) is 5.51. The molecule has 0 fully saturated rings. The van der Waals surface area contributed by atoms with Gasteiger partial charge in [-0.25, -0.2) is 4.98 Å². The lowest BCUT2D eigenvalue weighted by molar-refractivity contribution is 0.483. The Balaban J connectivity index is 1.16. The second-order valence-corrected chi connectivity index (χ2v) is 11.5. The Bertz CT molecular complexity index is 1900. The molecule has 1 aliphatic rings. The normalized spacial score (nSPS) is 13.4. The number of anilines is 2. The Hall–Kier alpha value is -5.03. The molecule has 202 valence electrons. The van der Waals surface area contributed by atoms with E-state index in [1.54, 1.807) is 0 Å². The molecule has 0 N–H and O–H groups in total. The molecule has 6 aromatic rings. The molecule has 2 aromatic heterocycles. The van der Waals surface area contributed by atoms with Crippen LogP contribution in [-0.2, 0) is 5.41 Å². The van der Waals surface area contributed by atoms with Crippen LogP contribution >= 0.6 is 0 Å². The van der Waals surface area contributed by atoms with Crippen molar-refractivity contribution in [3.63, 3.8) is 0 Å². The second kappa shape index (κ2) is 9.86. The number of hydrogen-bond donors (Lipinski definition) is 0. The van der Waals surface area contributed by atoms with Crippen LogP contribution in [-0.4, -0.2) is 16.2 Å². The predicted octanol–water partition coefficient (Wildman–Crippen LogP) is 9.02. The van der Waals surface area contributed by atoms with Crippen LogP contribution in [0.25, 0.3) is 27.6 Å². The number of fused-ring (bicyclic) bond motifs is 3. The van der Waals surface area contributed by atoms with E-state index < -0.39 is 0 Å². The Morgan fingerprint density at radius 3 is 2.12 bits per heavy atom. The smallest absolute Gasteiger partial charge is 0.137 e. The Morgan fingerprint density at radius 1 is 0.634 bits per heavy atom. The van der Waals surface area contributed by atoms with Gasteiger partial charge < -0.3 is 14.5 Å². The van der Waals surface area contributed by atoms with Crippen LogP contribution in [0.3, 0.4) is 0 Å². The quantitative estimate of drug-likeness (QED) is 0.220. The number of hydrogen-bond acceptors (Lipinski definition) is 4. The molecule has 0 radical (unpaired) electrons. The fraction of sp³-hybridized carbons (Fsp3) is 0.139. The molecule has 3 heterocycles. The van der Waals surface area contributed by atoms with E-state index in [0.29, 0.717) is 0 Å². The van der Waals surface area contributed by atoms with Gasteiger partial charge in [0.15, 0.2) is 0 Å². The van der Waals surface area contributed by atoms with Gasteiger partial charge in [0.1, 0.15) is 17.3 Å². The summed E-state index contributed by atoms with van der Waals surface area (Å²) in [5.41, 5.74) is 5.90. The number of para-hydroxylation sites is 1. The van der Waals surface area contributed by atoms with Gasteiger partial charge in [-0.05, 0) is 65.6 Å². The molecule has 0 atom stereocenters. The fourth-order valence-electron chi connectivity index (χ4n) is 5.51. The first-order valence-corrected chi connectivity index (χ1v) is 14.0. The summed E-state index contributed by atoms with van der Waals surface area (Å²) in [5.74, 6) is 2.47. The topological polar surface area (TPSA) is 33.5 Å². The van der Waals surface area contributed by atoms with Crippen molar-refractivity contribution < 1.29 is 4.74 Å². The second-order valence-electron chi connectivity index (χ2n) is 11.5. The van der Waals surface area contributed by atoms with E-state index in [0.717, 1.165) is 40.7 Å². The van der Waals surface area contributed by atoms with Gasteiger partial charge in [-0.1, -0.05) is 63.2 Å². The predicted molar refractivity (Wildman–Crippen MR) is 169 cm³/mol. The SMILES string of the molecule is CC(C)(C)c1cccc(N2C=CN(c3cccc(Oc4ccc5c6ccccc6n(-c6ccccn6)c5c4)c3)C2)c1. The van der Waals surface area contributed by atoms with Crippen LogP contribution in [0.4, 0.5) is 11.4 Å². The Kier molecular flexibility index (Phi) is 6.01. The van der Waals surface area contributed by atoms with Crippen molar-refractivity contribution in [3.05, 3.63) is 133 Å². The highest BCUT2D eigenvalue weighted by Gasteiger charge is 2.19. The van der Waals surface area contributed by atoms with Crippen molar-refractivity contribution in [2.75, 3.05) is 16.5 Å². The largest absolute Gasteiger partial charge is 0.457 e. The van der Waals surface area contributed by atoms with E-state index >= 15 is 0 Å². The number of benzene rings is 4. The third-order valence-corrected chi connectivity index (χ3v) is 7.68. The van der Waals surface area contributed by atoms with Crippen LogP contribution in [0.5, 0.6) is 11.5 Å². The van der Waals surface area contributed by atoms with Gasteiger partial charge in [-0.15, -0.1) is 0 Å². The first kappa shape index (κ1) is 25.0. The van der Waals surface area contributed by atoms with Gasteiger partial charge in [-0.2, -0.15) is 0 Å². The van der Waals surface area contributed by atoms with Crippen LogP contribution in [0.15, 0.2) is 128 Å². The van der Waals surface area contributed by atoms with Gasteiger partial charge in [0.05, 0.1) is 17.7 Å². The number of aromatic nitrogens is 2. The molecule has 0 aliphatic carbocycles. The van der Waals surface area contributed by atoms with Gasteiger partial charge in [0, 0.05) is 52.9 Å². The maximum Gasteiger partial charge on any atom is 0.137 e. The third kappa shape index (κ3) is 4.70. The van der Waals surface area contributed by atoms with Crippen LogP contribution in [0.1, 0.15) is 26.3 Å². The highest BCUT2D eigenvalue weighted by molar-refractivity contribution is 6.09. The Labute approximate surface area is 240 Å². The lowest BCUT2D eigenvalue weighted by Crippen LogP contribution is -2.25. The molecule has 0 saturated heterocycles. The maximum atomic E-state index is 6.44. The summed E-state index contributed by atoms with van der Waals surface area (Å²) in [5, 5.41) is 2.37. The van der Waals surface area contributed by atoms with Crippen LogP contribution in [0.2, 0.25) is 0 Å². The van der Waals surface area contributed by atoms with Gasteiger partial charge in [0.2, 0.25) is 0 Å². The summed E-state index contributed by atoms with van der Waals surface area (Å²) in [7, 11) is 0. The first-order chi connectivity index (χ1) is 19.9. The zero-order valence-corrected chi connectivity index (χ0v) is 23.5. The maximum absolute atomic E-state index is 6.44. The van der Waals surface area contributed by atoms with Gasteiger partial charge >= 0.3 is 0 Å². The molecule has 41 heavy (non-hydrogen) atoms. The van der Waals surface area contributed by atoms with Crippen LogP contribution < -0.4 is 14.5 Å². The Morgan fingerprint density at radius 2 is 1.34 bits per heavy atom. The molecule has 0 spiro atoms. The molecule has 0 saturated carbocycles. The summed E-state index contributed by atoms with van der Waals surface area (Å²) >= 11 is 0. The van der Waals surface area contributed by atoms with E-state index in [9.17, 15) is 0 Å². The third-order valence-electron chi connectivity index (χ3n) is 7.68. The highest BCUT2D eigenvalue weighted by Crippen LogP contribution is 2.36. The van der Waals surface area contributed by atoms with Crippen molar-refractivity contribution in [1.82, 2.24) is 9.55 Å². The zero-order chi connectivity index (χ0) is 28.0. The molecule has 0 unspecified atom stereocenters. The minimum atomic E-state index is 0.111. The summed E-state index contributed by atoms with van der Waals surface area (Å²) in [6.45, 7) is 7.49.